The molecule has 3 heteroatoms. The molecule has 0 aliphatic rings. The first kappa shape index (κ1) is 23.0. The van der Waals surface area contributed by atoms with Crippen molar-refractivity contribution in [3.63, 3.8) is 0 Å². The molecular weight excluding hydrogens is 396 g/mol. The van der Waals surface area contributed by atoms with Crippen molar-refractivity contribution in [2.45, 2.75) is 32.8 Å². The van der Waals surface area contributed by atoms with Crippen molar-refractivity contribution >= 4 is 0 Å². The molecule has 0 saturated carbocycles. The maximum absolute atomic E-state index is 9.34. The second kappa shape index (κ2) is 12.2. The first-order chi connectivity index (χ1) is 15.6. The molecule has 164 valence electrons. The summed E-state index contributed by atoms with van der Waals surface area (Å²) in [6.45, 7) is 6.00. The molecule has 0 saturated heterocycles. The molecule has 0 heterocycles. The smallest absolute Gasteiger partial charge is 0.127 e. The predicted octanol–water partition coefficient (Wildman–Crippen LogP) is 7.95. The van der Waals surface area contributed by atoms with Crippen LogP contribution in [0, 0.1) is 0 Å². The lowest BCUT2D eigenvalue weighted by molar-refractivity contribution is 0.302. The zero-order valence-corrected chi connectivity index (χ0v) is 18.5. The van der Waals surface area contributed by atoms with Crippen molar-refractivity contribution in [1.82, 2.24) is 0 Å². The number of aryl methyl sites for hydroxylation is 1. The van der Waals surface area contributed by atoms with Crippen LogP contribution in [0.1, 0.15) is 30.9 Å². The Morgan fingerprint density at radius 1 is 0.906 bits per heavy atom. The van der Waals surface area contributed by atoms with Gasteiger partial charge in [0.2, 0.25) is 0 Å². The first-order valence-electron chi connectivity index (χ1n) is 10.9. The van der Waals surface area contributed by atoms with Crippen LogP contribution in [-0.4, -0.2) is 5.11 Å². The van der Waals surface area contributed by atoms with Crippen molar-refractivity contribution in [2.75, 3.05) is 0 Å². The minimum atomic E-state index is 0.293. The molecule has 0 atom stereocenters. The van der Waals surface area contributed by atoms with Crippen LogP contribution < -0.4 is 9.47 Å². The van der Waals surface area contributed by atoms with Gasteiger partial charge in [0.25, 0.3) is 0 Å². The molecule has 0 amide bonds. The van der Waals surface area contributed by atoms with Crippen molar-refractivity contribution in [2.24, 2.45) is 0 Å². The summed E-state index contributed by atoms with van der Waals surface area (Å²) < 4.78 is 12.1. The van der Waals surface area contributed by atoms with Crippen LogP contribution in [0.4, 0.5) is 0 Å². The Bertz CT molecular complexity index is 1060. The molecule has 32 heavy (non-hydrogen) atoms. The molecule has 0 aromatic heterocycles. The Kier molecular flexibility index (Phi) is 8.76. The topological polar surface area (TPSA) is 38.7 Å². The molecule has 0 radical (unpaired) electrons. The Morgan fingerprint density at radius 3 is 2.44 bits per heavy atom. The lowest BCUT2D eigenvalue weighted by Crippen LogP contribution is -1.99. The Morgan fingerprint density at radius 2 is 1.66 bits per heavy atom. The lowest BCUT2D eigenvalue weighted by atomic mass is 10.0. The van der Waals surface area contributed by atoms with Gasteiger partial charge in [0.15, 0.2) is 0 Å². The van der Waals surface area contributed by atoms with Crippen LogP contribution in [0.3, 0.4) is 0 Å². The second-order valence-electron chi connectivity index (χ2n) is 7.57. The van der Waals surface area contributed by atoms with E-state index in [1.807, 2.05) is 84.9 Å². The summed E-state index contributed by atoms with van der Waals surface area (Å²) >= 11 is 0. The van der Waals surface area contributed by atoms with Crippen molar-refractivity contribution in [3.05, 3.63) is 126 Å². The van der Waals surface area contributed by atoms with Gasteiger partial charge in [-0.3, -0.25) is 0 Å². The van der Waals surface area contributed by atoms with Crippen molar-refractivity contribution in [3.8, 4) is 17.2 Å². The van der Waals surface area contributed by atoms with Gasteiger partial charge in [0, 0.05) is 0 Å². The van der Waals surface area contributed by atoms with Crippen LogP contribution in [-0.2, 0) is 13.0 Å². The molecule has 0 aliphatic carbocycles. The molecule has 0 spiro atoms. The fraction of sp³-hybridized carbons (Fsp3) is 0.172. The zero-order valence-electron chi connectivity index (χ0n) is 18.5. The third-order valence-corrected chi connectivity index (χ3v) is 4.96. The zero-order chi connectivity index (χ0) is 22.6. The number of aliphatic hydroxyl groups excluding tert-OH is 1. The highest BCUT2D eigenvalue weighted by Crippen LogP contribution is 2.25. The minimum Gasteiger partial charge on any atom is -0.513 e. The summed E-state index contributed by atoms with van der Waals surface area (Å²) in [5.74, 6) is 2.80. The van der Waals surface area contributed by atoms with Crippen molar-refractivity contribution < 1.29 is 14.6 Å². The molecule has 0 fully saturated rings. The number of allylic oxidation sites excluding steroid dienone is 5. The molecule has 1 N–H and O–H groups in total. The average Bonchev–Trinajstić information content (AvgIpc) is 2.81. The summed E-state index contributed by atoms with van der Waals surface area (Å²) in [4.78, 5) is 0. The van der Waals surface area contributed by atoms with E-state index in [2.05, 4.69) is 12.6 Å². The molecule has 0 aliphatic heterocycles. The molecule has 3 rings (SSSR count). The van der Waals surface area contributed by atoms with E-state index in [1.165, 1.54) is 5.56 Å². The van der Waals surface area contributed by atoms with Gasteiger partial charge in [-0.15, -0.1) is 0 Å². The van der Waals surface area contributed by atoms with E-state index in [-0.39, 0.29) is 0 Å². The van der Waals surface area contributed by atoms with E-state index in [4.69, 9.17) is 9.47 Å². The Hall–Kier alpha value is -3.72. The van der Waals surface area contributed by atoms with Gasteiger partial charge in [-0.2, -0.15) is 0 Å². The van der Waals surface area contributed by atoms with Crippen LogP contribution >= 0.6 is 0 Å². The number of hydrogen-bond acceptors (Lipinski definition) is 3. The molecule has 0 bridgehead atoms. The van der Waals surface area contributed by atoms with E-state index >= 15 is 0 Å². The fourth-order valence-corrected chi connectivity index (χ4v) is 3.30. The highest BCUT2D eigenvalue weighted by Gasteiger charge is 2.05. The first-order valence-corrected chi connectivity index (χ1v) is 10.9. The summed E-state index contributed by atoms with van der Waals surface area (Å²) in [6.07, 6.45) is 8.21. The number of para-hydroxylation sites is 2. The van der Waals surface area contributed by atoms with Gasteiger partial charge in [0.05, 0.1) is 5.76 Å². The van der Waals surface area contributed by atoms with E-state index in [0.29, 0.717) is 12.4 Å². The third kappa shape index (κ3) is 7.51. The maximum Gasteiger partial charge on any atom is 0.127 e. The quantitative estimate of drug-likeness (QED) is 0.250. The van der Waals surface area contributed by atoms with Gasteiger partial charge in [-0.05, 0) is 79.3 Å². The van der Waals surface area contributed by atoms with E-state index in [1.54, 1.807) is 13.0 Å². The molecule has 3 aromatic rings. The lowest BCUT2D eigenvalue weighted by Gasteiger charge is -2.13. The van der Waals surface area contributed by atoms with Gasteiger partial charge < -0.3 is 14.6 Å². The fourth-order valence-electron chi connectivity index (χ4n) is 3.30. The number of hydrogen-bond donors (Lipinski definition) is 1. The molecule has 3 nitrogen and oxygen atoms in total. The summed E-state index contributed by atoms with van der Waals surface area (Å²) in [7, 11) is 0. The van der Waals surface area contributed by atoms with Crippen LogP contribution in [0.25, 0.3) is 0 Å². The highest BCUT2D eigenvalue weighted by molar-refractivity contribution is 5.36. The summed E-state index contributed by atoms with van der Waals surface area (Å²) in [5.41, 5.74) is 3.34. The van der Waals surface area contributed by atoms with Crippen LogP contribution in [0.2, 0.25) is 0 Å². The maximum atomic E-state index is 9.34. The molecule has 3 aromatic carbocycles. The number of aliphatic hydroxyl groups is 1. The van der Waals surface area contributed by atoms with Gasteiger partial charge >= 0.3 is 0 Å². The monoisotopic (exact) mass is 426 g/mol. The van der Waals surface area contributed by atoms with E-state index < -0.39 is 0 Å². The molecular formula is C29H30O3. The second-order valence-corrected chi connectivity index (χ2v) is 7.57. The average molecular weight is 427 g/mol. The van der Waals surface area contributed by atoms with Gasteiger partial charge in [-0.1, -0.05) is 67.3 Å². The predicted molar refractivity (Wildman–Crippen MR) is 131 cm³/mol. The molecule has 0 unspecified atom stereocenters. The van der Waals surface area contributed by atoms with Gasteiger partial charge in [0.1, 0.15) is 23.9 Å². The highest BCUT2D eigenvalue weighted by atomic mass is 16.5. The van der Waals surface area contributed by atoms with E-state index in [0.717, 1.165) is 47.6 Å². The van der Waals surface area contributed by atoms with Crippen LogP contribution in [0.5, 0.6) is 17.2 Å². The van der Waals surface area contributed by atoms with Gasteiger partial charge in [-0.25, -0.2) is 0 Å². The Labute approximate surface area is 191 Å². The standard InChI is InChI=1S/C29H30O3/c1-3-24(20-19-23(2)30)11-9-14-26-13-7-8-18-29(26)31-22-25-12-10-17-28(21-25)32-27-15-5-4-6-16-27/h3-8,10,12-13,15-21,30H,1,9,11,14,22H2,2H3/b23-19+,24-20+. The van der Waals surface area contributed by atoms with E-state index in [9.17, 15) is 5.11 Å². The largest absolute Gasteiger partial charge is 0.513 e. The number of ether oxygens (including phenoxy) is 2. The Balaban J connectivity index is 1.58. The normalized spacial score (nSPS) is 11.8. The number of rotatable bonds is 11. The van der Waals surface area contributed by atoms with Crippen molar-refractivity contribution in [1.29, 1.82) is 0 Å². The van der Waals surface area contributed by atoms with Crippen LogP contribution in [0.15, 0.2) is 115 Å². The minimum absolute atomic E-state index is 0.293. The third-order valence-electron chi connectivity index (χ3n) is 4.96. The number of benzene rings is 3. The summed E-state index contributed by atoms with van der Waals surface area (Å²) in [5, 5.41) is 9.34. The SMILES string of the molecule is C=C/C(=C\C=C(/C)O)CCCc1ccccc1OCc1cccc(Oc2ccccc2)c1. The summed E-state index contributed by atoms with van der Waals surface area (Å²) in [6, 6.07) is 25.9.